The second-order valence-corrected chi connectivity index (χ2v) is 7.51. The van der Waals surface area contributed by atoms with E-state index < -0.39 is 5.54 Å². The minimum Gasteiger partial charge on any atom is -0.352 e. The van der Waals surface area contributed by atoms with Crippen molar-refractivity contribution in [3.8, 4) is 0 Å². The second-order valence-electron chi connectivity index (χ2n) is 7.51. The number of hydrogen-bond acceptors (Lipinski definition) is 4. The fourth-order valence-electron chi connectivity index (χ4n) is 3.93. The Morgan fingerprint density at radius 2 is 1.96 bits per heavy atom. The minimum absolute atomic E-state index is 0. The molecule has 26 heavy (non-hydrogen) atoms. The largest absolute Gasteiger partial charge is 0.352 e. The van der Waals surface area contributed by atoms with Gasteiger partial charge < -0.3 is 10.6 Å². The van der Waals surface area contributed by atoms with Crippen molar-refractivity contribution in [1.82, 2.24) is 25.3 Å². The van der Waals surface area contributed by atoms with Crippen LogP contribution in [0.3, 0.4) is 0 Å². The van der Waals surface area contributed by atoms with Crippen LogP contribution < -0.4 is 10.6 Å². The molecule has 0 aromatic carbocycles. The summed E-state index contributed by atoms with van der Waals surface area (Å²) in [7, 11) is 0. The lowest BCUT2D eigenvalue weighted by atomic mass is 9.87. The van der Waals surface area contributed by atoms with Crippen LogP contribution in [0.4, 0.5) is 0 Å². The molecule has 1 aromatic heterocycles. The van der Waals surface area contributed by atoms with Crippen molar-refractivity contribution in [2.24, 2.45) is 5.92 Å². The quantitative estimate of drug-likeness (QED) is 0.786. The topological polar surface area (TPSA) is 62.2 Å². The van der Waals surface area contributed by atoms with Gasteiger partial charge in [-0.15, -0.1) is 24.8 Å². The van der Waals surface area contributed by atoms with Gasteiger partial charge in [0.1, 0.15) is 5.54 Å². The summed E-state index contributed by atoms with van der Waals surface area (Å²) in [6.45, 7) is 9.26. The summed E-state index contributed by atoms with van der Waals surface area (Å²) < 4.78 is 1.86. The van der Waals surface area contributed by atoms with Gasteiger partial charge in [0.15, 0.2) is 0 Å². The molecule has 2 saturated heterocycles. The summed E-state index contributed by atoms with van der Waals surface area (Å²) in [5.41, 5.74) is -0.537. The van der Waals surface area contributed by atoms with Crippen LogP contribution >= 0.6 is 24.8 Å². The maximum absolute atomic E-state index is 13.0. The SMILES string of the molecule is CC1CCN(C(C)CNC(=O)C2(n3cccn3)CCNCC2)CC1.Cl.Cl. The standard InChI is InChI=1S/C18H31N5O.2ClH/c1-15-4-12-22(13-5-15)16(2)14-20-17(24)18(6-9-19-10-7-18)23-11-3-8-21-23;;/h3,8,11,15-16,19H,4-7,9-10,12-14H2,1-2H3,(H,20,24);2*1H. The molecule has 3 rings (SSSR count). The molecule has 0 aliphatic carbocycles. The van der Waals surface area contributed by atoms with Crippen LogP contribution in [0.15, 0.2) is 18.5 Å². The molecule has 0 radical (unpaired) electrons. The lowest BCUT2D eigenvalue weighted by molar-refractivity contribution is -0.132. The predicted octanol–water partition coefficient (Wildman–Crippen LogP) is 2.04. The Morgan fingerprint density at radius 3 is 2.54 bits per heavy atom. The number of piperidine rings is 2. The molecule has 0 saturated carbocycles. The molecule has 150 valence electrons. The van der Waals surface area contributed by atoms with Gasteiger partial charge in [0, 0.05) is 25.0 Å². The van der Waals surface area contributed by atoms with Crippen molar-refractivity contribution in [1.29, 1.82) is 0 Å². The van der Waals surface area contributed by atoms with Crippen LogP contribution in [-0.4, -0.2) is 59.4 Å². The number of nitrogens with one attached hydrogen (secondary N) is 2. The molecule has 1 atom stereocenters. The van der Waals surface area contributed by atoms with E-state index in [1.165, 1.54) is 12.8 Å². The van der Waals surface area contributed by atoms with Crippen LogP contribution in [0.25, 0.3) is 0 Å². The molecule has 8 heteroatoms. The Bertz CT molecular complexity index is 526. The number of carbonyl (C=O) groups excluding carboxylic acids is 1. The first-order chi connectivity index (χ1) is 11.6. The van der Waals surface area contributed by atoms with E-state index in [0.29, 0.717) is 12.6 Å². The average molecular weight is 406 g/mol. The normalized spacial score (nSPS) is 21.9. The highest BCUT2D eigenvalue weighted by atomic mass is 35.5. The predicted molar refractivity (Wildman–Crippen MR) is 109 cm³/mol. The molecule has 2 N–H and O–H groups in total. The van der Waals surface area contributed by atoms with Gasteiger partial charge in [0.05, 0.1) is 0 Å². The Balaban J connectivity index is 0.00000169. The van der Waals surface area contributed by atoms with Gasteiger partial charge in [0.25, 0.3) is 0 Å². The first-order valence-electron chi connectivity index (χ1n) is 9.35. The highest BCUT2D eigenvalue weighted by Crippen LogP contribution is 2.27. The highest BCUT2D eigenvalue weighted by molar-refractivity contribution is 5.85. The molecule has 1 unspecified atom stereocenters. The monoisotopic (exact) mass is 405 g/mol. The molecule has 2 aliphatic rings. The number of nitrogens with zero attached hydrogens (tertiary/aromatic N) is 3. The first-order valence-corrected chi connectivity index (χ1v) is 9.35. The molecular weight excluding hydrogens is 373 g/mol. The number of rotatable bonds is 5. The molecule has 6 nitrogen and oxygen atoms in total. The number of carbonyl (C=O) groups is 1. The van der Waals surface area contributed by atoms with Gasteiger partial charge in [-0.2, -0.15) is 5.10 Å². The van der Waals surface area contributed by atoms with Crippen LogP contribution in [0.1, 0.15) is 39.5 Å². The first kappa shape index (κ1) is 23.2. The van der Waals surface area contributed by atoms with E-state index in [9.17, 15) is 4.79 Å². The van der Waals surface area contributed by atoms with Crippen molar-refractivity contribution in [2.75, 3.05) is 32.7 Å². The third-order valence-electron chi connectivity index (χ3n) is 5.80. The lowest BCUT2D eigenvalue weighted by Crippen LogP contribution is -2.56. The maximum Gasteiger partial charge on any atom is 0.248 e. The summed E-state index contributed by atoms with van der Waals surface area (Å²) >= 11 is 0. The van der Waals surface area contributed by atoms with E-state index in [1.807, 2.05) is 16.9 Å². The van der Waals surface area contributed by atoms with Gasteiger partial charge in [-0.3, -0.25) is 14.4 Å². The van der Waals surface area contributed by atoms with E-state index in [-0.39, 0.29) is 30.7 Å². The molecule has 0 bridgehead atoms. The number of hydrogen-bond donors (Lipinski definition) is 2. The number of amides is 1. The van der Waals surface area contributed by atoms with E-state index in [2.05, 4.69) is 34.5 Å². The van der Waals surface area contributed by atoms with Gasteiger partial charge >= 0.3 is 0 Å². The zero-order chi connectivity index (χ0) is 17.0. The molecular formula is C18H33Cl2N5O. The zero-order valence-corrected chi connectivity index (χ0v) is 17.5. The van der Waals surface area contributed by atoms with Crippen molar-refractivity contribution >= 4 is 30.7 Å². The molecule has 3 heterocycles. The summed E-state index contributed by atoms with van der Waals surface area (Å²) in [5.74, 6) is 0.950. The van der Waals surface area contributed by atoms with E-state index in [0.717, 1.165) is 44.9 Å². The van der Waals surface area contributed by atoms with Crippen LogP contribution in [0.2, 0.25) is 0 Å². The third kappa shape index (κ3) is 5.12. The fourth-order valence-corrected chi connectivity index (χ4v) is 3.93. The Kier molecular flexibility index (Phi) is 9.38. The van der Waals surface area contributed by atoms with Gasteiger partial charge in [0.2, 0.25) is 5.91 Å². The van der Waals surface area contributed by atoms with Crippen LogP contribution in [-0.2, 0) is 10.3 Å². The minimum atomic E-state index is -0.537. The number of aromatic nitrogens is 2. The molecule has 2 aliphatic heterocycles. The van der Waals surface area contributed by atoms with Gasteiger partial charge in [-0.25, -0.2) is 0 Å². The number of halogens is 2. The molecule has 2 fully saturated rings. The average Bonchev–Trinajstić information content (AvgIpc) is 3.15. The van der Waals surface area contributed by atoms with Crippen LogP contribution in [0, 0.1) is 5.92 Å². The summed E-state index contributed by atoms with van der Waals surface area (Å²) in [5, 5.41) is 10.9. The van der Waals surface area contributed by atoms with E-state index in [1.54, 1.807) is 6.20 Å². The fraction of sp³-hybridized carbons (Fsp3) is 0.778. The number of likely N-dealkylation sites (tertiary alicyclic amines) is 1. The van der Waals surface area contributed by atoms with Crippen molar-refractivity contribution < 1.29 is 4.79 Å². The third-order valence-corrected chi connectivity index (χ3v) is 5.80. The van der Waals surface area contributed by atoms with E-state index >= 15 is 0 Å². The van der Waals surface area contributed by atoms with Crippen molar-refractivity contribution in [3.63, 3.8) is 0 Å². The van der Waals surface area contributed by atoms with Crippen molar-refractivity contribution in [2.45, 2.75) is 51.1 Å². The highest BCUT2D eigenvalue weighted by Gasteiger charge is 2.42. The summed E-state index contributed by atoms with van der Waals surface area (Å²) in [6.07, 6.45) is 7.78. The molecule has 1 amide bonds. The smallest absolute Gasteiger partial charge is 0.248 e. The zero-order valence-electron chi connectivity index (χ0n) is 15.8. The Hall–Kier alpha value is -0.820. The maximum atomic E-state index is 13.0. The van der Waals surface area contributed by atoms with Gasteiger partial charge in [-0.05, 0) is 70.8 Å². The second kappa shape index (κ2) is 10.5. The Labute approximate surface area is 169 Å². The molecule has 1 aromatic rings. The van der Waals surface area contributed by atoms with Crippen molar-refractivity contribution in [3.05, 3.63) is 18.5 Å². The molecule has 0 spiro atoms. The van der Waals surface area contributed by atoms with E-state index in [4.69, 9.17) is 0 Å². The summed E-state index contributed by atoms with van der Waals surface area (Å²) in [6, 6.07) is 2.28. The summed E-state index contributed by atoms with van der Waals surface area (Å²) in [4.78, 5) is 15.5. The van der Waals surface area contributed by atoms with Gasteiger partial charge in [-0.1, -0.05) is 6.92 Å². The lowest BCUT2D eigenvalue weighted by Gasteiger charge is -2.38. The Morgan fingerprint density at radius 1 is 1.31 bits per heavy atom. The van der Waals surface area contributed by atoms with Crippen LogP contribution in [0.5, 0.6) is 0 Å².